The minimum Gasteiger partial charge on any atom is -0.360 e. The van der Waals surface area contributed by atoms with E-state index in [-0.39, 0.29) is 5.75 Å². The van der Waals surface area contributed by atoms with Gasteiger partial charge in [0, 0.05) is 6.54 Å². The molecule has 7 heteroatoms. The molecule has 0 unspecified atom stereocenters. The third-order valence-electron chi connectivity index (χ3n) is 2.25. The molecule has 0 saturated carbocycles. The molecule has 0 atom stereocenters. The number of anilines is 1. The van der Waals surface area contributed by atoms with Crippen molar-refractivity contribution in [2.24, 2.45) is 0 Å². The fourth-order valence-corrected chi connectivity index (χ4v) is 2.81. The first-order chi connectivity index (χ1) is 8.11. The summed E-state index contributed by atoms with van der Waals surface area (Å²) in [5.41, 5.74) is 0.927. The minimum atomic E-state index is -3.16. The average molecular weight is 271 g/mol. The van der Waals surface area contributed by atoms with Crippen LogP contribution in [0.4, 0.5) is 5.13 Å². The predicted molar refractivity (Wildman–Crippen MR) is 71.0 cm³/mol. The Bertz CT molecular complexity index is 574. The Balaban J connectivity index is 2.00. The van der Waals surface area contributed by atoms with Gasteiger partial charge < -0.3 is 5.32 Å². The summed E-state index contributed by atoms with van der Waals surface area (Å²) < 4.78 is 25.7. The highest BCUT2D eigenvalue weighted by molar-refractivity contribution is 7.89. The standard InChI is InChI=1S/C10H13N3O2S2/c1-11-17(14,15)7-6-12-10-13-8-4-2-3-5-9(8)16-10/h2-5,11H,6-7H2,1H3,(H,12,13). The van der Waals surface area contributed by atoms with Gasteiger partial charge in [-0.05, 0) is 19.2 Å². The summed E-state index contributed by atoms with van der Waals surface area (Å²) in [6, 6.07) is 7.80. The maximum Gasteiger partial charge on any atom is 0.213 e. The average Bonchev–Trinajstić information content (AvgIpc) is 2.71. The minimum absolute atomic E-state index is 0.0411. The Morgan fingerprint density at radius 2 is 2.12 bits per heavy atom. The molecule has 2 N–H and O–H groups in total. The van der Waals surface area contributed by atoms with Gasteiger partial charge in [-0.15, -0.1) is 0 Å². The number of hydrogen-bond donors (Lipinski definition) is 2. The van der Waals surface area contributed by atoms with Crippen LogP contribution in [0.3, 0.4) is 0 Å². The van der Waals surface area contributed by atoms with Crippen LogP contribution >= 0.6 is 11.3 Å². The van der Waals surface area contributed by atoms with Gasteiger partial charge in [0.05, 0.1) is 16.0 Å². The lowest BCUT2D eigenvalue weighted by Gasteiger charge is -2.02. The fourth-order valence-electron chi connectivity index (χ4n) is 1.34. The van der Waals surface area contributed by atoms with Crippen LogP contribution in [0.5, 0.6) is 0 Å². The Kier molecular flexibility index (Phi) is 3.60. The van der Waals surface area contributed by atoms with Gasteiger partial charge in [-0.2, -0.15) is 0 Å². The smallest absolute Gasteiger partial charge is 0.213 e. The number of thiazole rings is 1. The first-order valence-electron chi connectivity index (χ1n) is 5.11. The van der Waals surface area contributed by atoms with Crippen LogP contribution in [0, 0.1) is 0 Å². The summed E-state index contributed by atoms with van der Waals surface area (Å²) >= 11 is 1.52. The molecule has 1 aromatic carbocycles. The Hall–Kier alpha value is -1.18. The quantitative estimate of drug-likeness (QED) is 0.859. The zero-order chi connectivity index (χ0) is 12.3. The molecule has 0 fully saturated rings. The van der Waals surface area contributed by atoms with Crippen LogP contribution in [0.2, 0.25) is 0 Å². The van der Waals surface area contributed by atoms with Crippen LogP contribution in [0.15, 0.2) is 24.3 Å². The molecule has 0 amide bonds. The van der Waals surface area contributed by atoms with Gasteiger partial charge in [0.2, 0.25) is 10.0 Å². The van der Waals surface area contributed by atoms with Crippen molar-refractivity contribution in [3.8, 4) is 0 Å². The molecule has 0 saturated heterocycles. The van der Waals surface area contributed by atoms with Crippen molar-refractivity contribution in [3.05, 3.63) is 24.3 Å². The van der Waals surface area contributed by atoms with Gasteiger partial charge in [0.25, 0.3) is 0 Å². The summed E-state index contributed by atoms with van der Waals surface area (Å²) in [7, 11) is -1.75. The SMILES string of the molecule is CNS(=O)(=O)CCNc1nc2ccccc2s1. The molecule has 2 aromatic rings. The maximum absolute atomic E-state index is 11.2. The third kappa shape index (κ3) is 3.15. The lowest BCUT2D eigenvalue weighted by atomic mass is 10.3. The van der Waals surface area contributed by atoms with Crippen molar-refractivity contribution in [3.63, 3.8) is 0 Å². The summed E-state index contributed by atoms with van der Waals surface area (Å²) in [4.78, 5) is 4.35. The zero-order valence-electron chi connectivity index (χ0n) is 9.30. The first kappa shape index (κ1) is 12.3. The van der Waals surface area contributed by atoms with Crippen LogP contribution in [0.25, 0.3) is 10.2 Å². The van der Waals surface area contributed by atoms with E-state index in [2.05, 4.69) is 15.0 Å². The van der Waals surface area contributed by atoms with Crippen LogP contribution in [0.1, 0.15) is 0 Å². The summed E-state index contributed by atoms with van der Waals surface area (Å²) in [6.07, 6.45) is 0. The lowest BCUT2D eigenvalue weighted by molar-refractivity contribution is 0.588. The van der Waals surface area contributed by atoms with E-state index in [1.807, 2.05) is 24.3 Å². The van der Waals surface area contributed by atoms with E-state index in [0.717, 1.165) is 15.3 Å². The van der Waals surface area contributed by atoms with Crippen molar-refractivity contribution >= 4 is 36.7 Å². The second-order valence-corrected chi connectivity index (χ2v) is 6.51. The topological polar surface area (TPSA) is 71.1 Å². The summed E-state index contributed by atoms with van der Waals surface area (Å²) in [5.74, 6) is 0.0411. The first-order valence-corrected chi connectivity index (χ1v) is 7.58. The number of fused-ring (bicyclic) bond motifs is 1. The van der Waals surface area contributed by atoms with Crippen molar-refractivity contribution in [2.75, 3.05) is 24.7 Å². The largest absolute Gasteiger partial charge is 0.360 e. The summed E-state index contributed by atoms with van der Waals surface area (Å²) in [5, 5.41) is 3.76. The molecule has 0 aliphatic carbocycles. The molecule has 0 aliphatic rings. The normalized spacial score (nSPS) is 11.8. The fraction of sp³-hybridized carbons (Fsp3) is 0.300. The molecule has 0 aliphatic heterocycles. The van der Waals surface area contributed by atoms with E-state index >= 15 is 0 Å². The van der Waals surface area contributed by atoms with Crippen molar-refractivity contribution in [1.82, 2.24) is 9.71 Å². The molecule has 0 bridgehead atoms. The number of rotatable bonds is 5. The predicted octanol–water partition coefficient (Wildman–Crippen LogP) is 1.26. The number of benzene rings is 1. The second kappa shape index (κ2) is 4.99. The van der Waals surface area contributed by atoms with Gasteiger partial charge in [-0.25, -0.2) is 18.1 Å². The molecule has 5 nitrogen and oxygen atoms in total. The maximum atomic E-state index is 11.2. The van der Waals surface area contributed by atoms with E-state index in [0.29, 0.717) is 6.54 Å². The third-order valence-corrected chi connectivity index (χ3v) is 4.61. The number of para-hydroxylation sites is 1. The second-order valence-electron chi connectivity index (χ2n) is 3.44. The molecule has 17 heavy (non-hydrogen) atoms. The summed E-state index contributed by atoms with van der Waals surface area (Å²) in [6.45, 7) is 0.350. The van der Waals surface area contributed by atoms with Gasteiger partial charge in [-0.1, -0.05) is 23.5 Å². The molecular weight excluding hydrogens is 258 g/mol. The van der Waals surface area contributed by atoms with Gasteiger partial charge in [-0.3, -0.25) is 0 Å². The molecule has 2 rings (SSSR count). The molecular formula is C10H13N3O2S2. The van der Waals surface area contributed by atoms with Crippen LogP contribution < -0.4 is 10.0 Å². The zero-order valence-corrected chi connectivity index (χ0v) is 10.9. The number of sulfonamides is 1. The molecule has 1 aromatic heterocycles. The molecule has 0 radical (unpaired) electrons. The van der Waals surface area contributed by atoms with E-state index < -0.39 is 10.0 Å². The Labute approximate surface area is 104 Å². The monoisotopic (exact) mass is 271 g/mol. The van der Waals surface area contributed by atoms with Crippen molar-refractivity contribution < 1.29 is 8.42 Å². The molecule has 92 valence electrons. The number of hydrogen-bond acceptors (Lipinski definition) is 5. The lowest BCUT2D eigenvalue weighted by Crippen LogP contribution is -2.26. The van der Waals surface area contributed by atoms with Crippen molar-refractivity contribution in [1.29, 1.82) is 0 Å². The number of nitrogens with zero attached hydrogens (tertiary/aromatic N) is 1. The van der Waals surface area contributed by atoms with Gasteiger partial charge in [0.1, 0.15) is 0 Å². The van der Waals surface area contributed by atoms with Gasteiger partial charge in [0.15, 0.2) is 5.13 Å². The highest BCUT2D eigenvalue weighted by Crippen LogP contribution is 2.24. The Morgan fingerprint density at radius 1 is 1.35 bits per heavy atom. The van der Waals surface area contributed by atoms with E-state index in [1.54, 1.807) is 0 Å². The highest BCUT2D eigenvalue weighted by Gasteiger charge is 2.07. The van der Waals surface area contributed by atoms with E-state index in [9.17, 15) is 8.42 Å². The number of nitrogens with one attached hydrogen (secondary N) is 2. The van der Waals surface area contributed by atoms with Crippen molar-refractivity contribution in [2.45, 2.75) is 0 Å². The van der Waals surface area contributed by atoms with E-state index in [1.165, 1.54) is 18.4 Å². The number of aromatic nitrogens is 1. The molecule has 1 heterocycles. The van der Waals surface area contributed by atoms with Crippen LogP contribution in [-0.2, 0) is 10.0 Å². The Morgan fingerprint density at radius 3 is 2.82 bits per heavy atom. The highest BCUT2D eigenvalue weighted by atomic mass is 32.2. The van der Waals surface area contributed by atoms with Gasteiger partial charge >= 0.3 is 0 Å². The molecule has 0 spiro atoms. The van der Waals surface area contributed by atoms with Crippen LogP contribution in [-0.4, -0.2) is 32.7 Å². The van der Waals surface area contributed by atoms with E-state index in [4.69, 9.17) is 0 Å².